The van der Waals surface area contributed by atoms with Gasteiger partial charge in [-0.2, -0.15) is 11.8 Å². The fourth-order valence-electron chi connectivity index (χ4n) is 1.64. The minimum absolute atomic E-state index is 0.381. The van der Waals surface area contributed by atoms with Crippen LogP contribution in [0, 0.1) is 0 Å². The molecule has 0 aromatic heterocycles. The summed E-state index contributed by atoms with van der Waals surface area (Å²) < 4.78 is 0.381. The van der Waals surface area contributed by atoms with Crippen molar-refractivity contribution in [2.75, 3.05) is 25.9 Å². The quantitative estimate of drug-likeness (QED) is 0.435. The maximum atomic E-state index is 4.16. The SMILES string of the molecule is C=CCNC(=NC)NCC1(C)CCCS1. The molecule has 0 radical (unpaired) electrons. The minimum Gasteiger partial charge on any atom is -0.355 e. The highest BCUT2D eigenvalue weighted by atomic mass is 32.2. The summed E-state index contributed by atoms with van der Waals surface area (Å²) in [6.07, 6.45) is 4.46. The fraction of sp³-hybridized carbons (Fsp3) is 0.727. The molecule has 0 aliphatic carbocycles. The zero-order chi connectivity index (χ0) is 11.1. The Hall–Kier alpha value is -0.640. The van der Waals surface area contributed by atoms with Crippen LogP contribution in [0.25, 0.3) is 0 Å². The van der Waals surface area contributed by atoms with E-state index in [-0.39, 0.29) is 0 Å². The maximum Gasteiger partial charge on any atom is 0.191 e. The molecular formula is C11H21N3S. The van der Waals surface area contributed by atoms with Crippen LogP contribution in [-0.2, 0) is 0 Å². The molecular weight excluding hydrogens is 206 g/mol. The van der Waals surface area contributed by atoms with Gasteiger partial charge in [-0.25, -0.2) is 0 Å². The first-order chi connectivity index (χ1) is 7.20. The van der Waals surface area contributed by atoms with Crippen molar-refractivity contribution in [1.82, 2.24) is 10.6 Å². The molecule has 0 aromatic carbocycles. The van der Waals surface area contributed by atoms with Crippen LogP contribution in [0.15, 0.2) is 17.6 Å². The van der Waals surface area contributed by atoms with Crippen LogP contribution in [0.5, 0.6) is 0 Å². The van der Waals surface area contributed by atoms with Crippen LogP contribution in [0.3, 0.4) is 0 Å². The van der Waals surface area contributed by atoms with E-state index in [4.69, 9.17) is 0 Å². The Balaban J connectivity index is 2.30. The Morgan fingerprint density at radius 1 is 1.60 bits per heavy atom. The Morgan fingerprint density at radius 3 is 2.93 bits per heavy atom. The van der Waals surface area contributed by atoms with Crippen LogP contribution < -0.4 is 10.6 Å². The Morgan fingerprint density at radius 2 is 2.40 bits per heavy atom. The third-order valence-corrected chi connectivity index (χ3v) is 4.11. The van der Waals surface area contributed by atoms with Gasteiger partial charge in [-0.15, -0.1) is 6.58 Å². The number of hydrogen-bond donors (Lipinski definition) is 2. The van der Waals surface area contributed by atoms with Gasteiger partial charge in [0.05, 0.1) is 0 Å². The second-order valence-corrected chi connectivity index (χ2v) is 5.68. The molecule has 4 heteroatoms. The highest BCUT2D eigenvalue weighted by Gasteiger charge is 2.29. The molecule has 0 bridgehead atoms. The largest absolute Gasteiger partial charge is 0.355 e. The van der Waals surface area contributed by atoms with E-state index in [0.29, 0.717) is 4.75 Å². The fourth-order valence-corrected chi connectivity index (χ4v) is 2.88. The number of nitrogens with one attached hydrogen (secondary N) is 2. The van der Waals surface area contributed by atoms with Crippen molar-refractivity contribution in [1.29, 1.82) is 0 Å². The Labute approximate surface area is 96.8 Å². The van der Waals surface area contributed by atoms with E-state index in [2.05, 4.69) is 40.9 Å². The first-order valence-electron chi connectivity index (χ1n) is 5.39. The highest BCUT2D eigenvalue weighted by Crippen LogP contribution is 2.36. The number of nitrogens with zero attached hydrogens (tertiary/aromatic N) is 1. The van der Waals surface area contributed by atoms with Crippen LogP contribution in [0.4, 0.5) is 0 Å². The normalized spacial score (nSPS) is 26.4. The number of hydrogen-bond acceptors (Lipinski definition) is 2. The minimum atomic E-state index is 0.381. The zero-order valence-corrected chi connectivity index (χ0v) is 10.5. The van der Waals surface area contributed by atoms with E-state index in [9.17, 15) is 0 Å². The monoisotopic (exact) mass is 227 g/mol. The van der Waals surface area contributed by atoms with Crippen molar-refractivity contribution >= 4 is 17.7 Å². The lowest BCUT2D eigenvalue weighted by Crippen LogP contribution is -2.43. The Bertz CT molecular complexity index is 232. The van der Waals surface area contributed by atoms with Crippen molar-refractivity contribution in [2.45, 2.75) is 24.5 Å². The molecule has 1 aliphatic rings. The lowest BCUT2D eigenvalue weighted by molar-refractivity contribution is 0.586. The molecule has 0 saturated carbocycles. The molecule has 2 N–H and O–H groups in total. The van der Waals surface area contributed by atoms with Crippen LogP contribution in [-0.4, -0.2) is 36.6 Å². The molecule has 86 valence electrons. The van der Waals surface area contributed by atoms with Gasteiger partial charge in [0, 0.05) is 24.9 Å². The number of guanidine groups is 1. The predicted octanol–water partition coefficient (Wildman–Crippen LogP) is 1.62. The first kappa shape index (κ1) is 12.4. The van der Waals surface area contributed by atoms with Crippen LogP contribution in [0.2, 0.25) is 0 Å². The third-order valence-electron chi connectivity index (χ3n) is 2.57. The van der Waals surface area contributed by atoms with Gasteiger partial charge in [0.2, 0.25) is 0 Å². The summed E-state index contributed by atoms with van der Waals surface area (Å²) in [6.45, 7) is 7.72. The third kappa shape index (κ3) is 4.16. The van der Waals surface area contributed by atoms with E-state index in [1.54, 1.807) is 7.05 Å². The van der Waals surface area contributed by atoms with Gasteiger partial charge in [-0.3, -0.25) is 4.99 Å². The molecule has 3 nitrogen and oxygen atoms in total. The maximum absolute atomic E-state index is 4.16. The average Bonchev–Trinajstić information content (AvgIpc) is 2.66. The molecule has 1 heterocycles. The van der Waals surface area contributed by atoms with E-state index in [1.165, 1.54) is 18.6 Å². The van der Waals surface area contributed by atoms with E-state index >= 15 is 0 Å². The smallest absolute Gasteiger partial charge is 0.191 e. The number of thioether (sulfide) groups is 1. The number of aliphatic imine (C=N–C) groups is 1. The van der Waals surface area contributed by atoms with Crippen LogP contribution in [0.1, 0.15) is 19.8 Å². The molecule has 1 fully saturated rings. The summed E-state index contributed by atoms with van der Waals surface area (Å²) in [4.78, 5) is 4.16. The molecule has 1 rings (SSSR count). The Kier molecular flexibility index (Phi) is 5.02. The summed E-state index contributed by atoms with van der Waals surface area (Å²) >= 11 is 2.06. The lowest BCUT2D eigenvalue weighted by atomic mass is 10.1. The molecule has 1 saturated heterocycles. The summed E-state index contributed by atoms with van der Waals surface area (Å²) in [5, 5.41) is 6.53. The topological polar surface area (TPSA) is 36.4 Å². The molecule has 0 spiro atoms. The standard InChI is InChI=1S/C11H21N3S/c1-4-7-13-10(12-3)14-9-11(2)6-5-8-15-11/h4H,1,5-9H2,2-3H3,(H2,12,13,14). The van der Waals surface area contributed by atoms with Crippen molar-refractivity contribution in [2.24, 2.45) is 4.99 Å². The average molecular weight is 227 g/mol. The van der Waals surface area contributed by atoms with Gasteiger partial charge in [0.1, 0.15) is 0 Å². The zero-order valence-electron chi connectivity index (χ0n) is 9.68. The van der Waals surface area contributed by atoms with Gasteiger partial charge < -0.3 is 10.6 Å². The molecule has 0 aromatic rings. The second kappa shape index (κ2) is 6.05. The molecule has 1 aliphatic heterocycles. The van der Waals surface area contributed by atoms with Crippen molar-refractivity contribution < 1.29 is 0 Å². The molecule has 1 unspecified atom stereocenters. The number of rotatable bonds is 4. The molecule has 1 atom stereocenters. The van der Waals surface area contributed by atoms with E-state index < -0.39 is 0 Å². The second-order valence-electron chi connectivity index (χ2n) is 4.00. The summed E-state index contributed by atoms with van der Waals surface area (Å²) in [6, 6.07) is 0. The summed E-state index contributed by atoms with van der Waals surface area (Å²) in [7, 11) is 1.79. The van der Waals surface area contributed by atoms with Crippen LogP contribution >= 0.6 is 11.8 Å². The van der Waals surface area contributed by atoms with E-state index in [1.807, 2.05) is 6.08 Å². The first-order valence-corrected chi connectivity index (χ1v) is 6.38. The molecule has 0 amide bonds. The van der Waals surface area contributed by atoms with Crippen molar-refractivity contribution in [3.05, 3.63) is 12.7 Å². The van der Waals surface area contributed by atoms with Gasteiger partial charge >= 0.3 is 0 Å². The van der Waals surface area contributed by atoms with Crippen molar-refractivity contribution in [3.63, 3.8) is 0 Å². The van der Waals surface area contributed by atoms with Gasteiger partial charge in [0.15, 0.2) is 5.96 Å². The van der Waals surface area contributed by atoms with E-state index in [0.717, 1.165) is 19.0 Å². The summed E-state index contributed by atoms with van der Waals surface area (Å²) in [5.74, 6) is 2.15. The lowest BCUT2D eigenvalue weighted by Gasteiger charge is -2.24. The van der Waals surface area contributed by atoms with Gasteiger partial charge in [0.25, 0.3) is 0 Å². The van der Waals surface area contributed by atoms with Crippen molar-refractivity contribution in [3.8, 4) is 0 Å². The molecule has 15 heavy (non-hydrogen) atoms. The summed E-state index contributed by atoms with van der Waals surface area (Å²) in [5.41, 5.74) is 0. The predicted molar refractivity (Wildman–Crippen MR) is 69.7 cm³/mol. The van der Waals surface area contributed by atoms with Gasteiger partial charge in [-0.1, -0.05) is 6.08 Å². The van der Waals surface area contributed by atoms with Gasteiger partial charge in [-0.05, 0) is 25.5 Å². The highest BCUT2D eigenvalue weighted by molar-refractivity contribution is 8.00.